The minimum atomic E-state index is -0.493. The fourth-order valence-electron chi connectivity index (χ4n) is 1.80. The van der Waals surface area contributed by atoms with Gasteiger partial charge in [0.2, 0.25) is 0 Å². The highest BCUT2D eigenvalue weighted by atomic mass is 32.1. The summed E-state index contributed by atoms with van der Waals surface area (Å²) in [5, 5.41) is 0. The minimum absolute atomic E-state index is 0.266. The van der Waals surface area contributed by atoms with Gasteiger partial charge in [0.25, 0.3) is 5.91 Å². The molecule has 0 spiro atoms. The largest absolute Gasteiger partial charge is 0.402 e. The number of aromatic nitrogens is 1. The van der Waals surface area contributed by atoms with Gasteiger partial charge in [-0.1, -0.05) is 6.08 Å². The zero-order valence-corrected chi connectivity index (χ0v) is 10.1. The van der Waals surface area contributed by atoms with Crippen LogP contribution in [0, 0.1) is 0 Å². The van der Waals surface area contributed by atoms with Gasteiger partial charge in [-0.2, -0.15) is 4.37 Å². The highest BCUT2D eigenvalue weighted by Gasteiger charge is 2.20. The second-order valence-corrected chi connectivity index (χ2v) is 4.67. The lowest BCUT2D eigenvalue weighted by atomic mass is 9.98. The van der Waals surface area contributed by atoms with E-state index in [0.717, 1.165) is 24.1 Å². The maximum absolute atomic E-state index is 11.4. The van der Waals surface area contributed by atoms with Crippen LogP contribution in [0.2, 0.25) is 0 Å². The topological polar surface area (TPSA) is 108 Å². The van der Waals surface area contributed by atoms with Crippen LogP contribution in [-0.4, -0.2) is 10.3 Å². The van der Waals surface area contributed by atoms with Crippen LogP contribution in [0.3, 0.4) is 0 Å². The third-order valence-corrected chi connectivity index (χ3v) is 3.47. The van der Waals surface area contributed by atoms with Crippen LogP contribution >= 0.6 is 11.5 Å². The Morgan fingerprint density at radius 1 is 1.53 bits per heavy atom. The molecule has 6 N–H and O–H groups in total. The first-order valence-electron chi connectivity index (χ1n) is 5.28. The van der Waals surface area contributed by atoms with Crippen molar-refractivity contribution in [3.8, 4) is 0 Å². The second-order valence-electron chi connectivity index (χ2n) is 3.82. The summed E-state index contributed by atoms with van der Waals surface area (Å²) in [6.07, 6.45) is 5.54. The Hall–Kier alpha value is -1.66. The lowest BCUT2D eigenvalue weighted by molar-refractivity contribution is 0.0999. The Labute approximate surface area is 103 Å². The molecule has 1 amide bonds. The molecule has 1 aromatic heterocycles. The zero-order chi connectivity index (χ0) is 12.4. The minimum Gasteiger partial charge on any atom is -0.402 e. The van der Waals surface area contributed by atoms with E-state index in [1.807, 2.05) is 12.2 Å². The van der Waals surface area contributed by atoms with Gasteiger partial charge < -0.3 is 17.2 Å². The zero-order valence-electron chi connectivity index (χ0n) is 9.27. The van der Waals surface area contributed by atoms with Crippen molar-refractivity contribution in [3.63, 3.8) is 0 Å². The molecule has 0 saturated heterocycles. The standard InChI is InChI=1S/C11H14N4OS/c12-5-8-9(11(14)16)10(15-17-8)6-2-1-3-7(13)4-6/h2,4H,1,3,5,12-13H2,(H2,14,16). The first-order chi connectivity index (χ1) is 8.13. The van der Waals surface area contributed by atoms with E-state index in [0.29, 0.717) is 16.1 Å². The molecular formula is C11H14N4OS. The van der Waals surface area contributed by atoms with E-state index in [2.05, 4.69) is 4.37 Å². The number of rotatable bonds is 3. The fourth-order valence-corrected chi connectivity index (χ4v) is 2.57. The van der Waals surface area contributed by atoms with E-state index in [-0.39, 0.29) is 6.54 Å². The van der Waals surface area contributed by atoms with Crippen molar-refractivity contribution >= 4 is 23.0 Å². The lowest BCUT2D eigenvalue weighted by Gasteiger charge is -2.09. The van der Waals surface area contributed by atoms with E-state index in [1.54, 1.807) is 0 Å². The van der Waals surface area contributed by atoms with Crippen LogP contribution in [0.4, 0.5) is 0 Å². The number of allylic oxidation sites excluding steroid dienone is 4. The molecule has 17 heavy (non-hydrogen) atoms. The molecule has 0 fully saturated rings. The van der Waals surface area contributed by atoms with Crippen LogP contribution in [0.1, 0.15) is 33.8 Å². The Bertz CT molecular complexity index is 516. The van der Waals surface area contributed by atoms with E-state index in [4.69, 9.17) is 17.2 Å². The number of carbonyl (C=O) groups excluding carboxylic acids is 1. The fraction of sp³-hybridized carbons (Fsp3) is 0.273. The van der Waals surface area contributed by atoms with Crippen LogP contribution in [0.5, 0.6) is 0 Å². The van der Waals surface area contributed by atoms with Crippen molar-refractivity contribution in [2.75, 3.05) is 0 Å². The summed E-state index contributed by atoms with van der Waals surface area (Å²) in [7, 11) is 0. The van der Waals surface area contributed by atoms with Gasteiger partial charge in [0, 0.05) is 12.2 Å². The SMILES string of the molecule is NCc1snc(C2=CCCC(N)=C2)c1C(N)=O. The van der Waals surface area contributed by atoms with Gasteiger partial charge in [0.15, 0.2) is 0 Å². The first-order valence-corrected chi connectivity index (χ1v) is 6.05. The van der Waals surface area contributed by atoms with Gasteiger partial charge in [-0.3, -0.25) is 4.79 Å². The Morgan fingerprint density at radius 3 is 2.88 bits per heavy atom. The smallest absolute Gasteiger partial charge is 0.252 e. The third-order valence-electron chi connectivity index (χ3n) is 2.61. The molecule has 0 unspecified atom stereocenters. The normalized spacial score (nSPS) is 15.4. The monoisotopic (exact) mass is 250 g/mol. The number of primary amides is 1. The molecule has 0 atom stereocenters. The molecule has 0 saturated carbocycles. The first kappa shape index (κ1) is 11.8. The molecule has 1 aromatic rings. The summed E-state index contributed by atoms with van der Waals surface area (Å²) >= 11 is 1.21. The summed E-state index contributed by atoms with van der Waals surface area (Å²) in [4.78, 5) is 12.2. The van der Waals surface area contributed by atoms with Crippen molar-refractivity contribution in [3.05, 3.63) is 34.0 Å². The molecule has 0 aromatic carbocycles. The van der Waals surface area contributed by atoms with Crippen LogP contribution in [-0.2, 0) is 6.54 Å². The summed E-state index contributed by atoms with van der Waals surface area (Å²) < 4.78 is 4.26. The van der Waals surface area contributed by atoms with Crippen molar-refractivity contribution in [1.82, 2.24) is 4.37 Å². The van der Waals surface area contributed by atoms with E-state index in [9.17, 15) is 4.79 Å². The van der Waals surface area contributed by atoms with Crippen LogP contribution < -0.4 is 17.2 Å². The number of nitrogens with two attached hydrogens (primary N) is 3. The van der Waals surface area contributed by atoms with Crippen molar-refractivity contribution in [2.24, 2.45) is 17.2 Å². The predicted molar refractivity (Wildman–Crippen MR) is 68.0 cm³/mol. The molecular weight excluding hydrogens is 236 g/mol. The van der Waals surface area contributed by atoms with Gasteiger partial charge in [-0.25, -0.2) is 0 Å². The molecule has 1 heterocycles. The van der Waals surface area contributed by atoms with E-state index >= 15 is 0 Å². The second kappa shape index (κ2) is 4.68. The number of carbonyl (C=O) groups is 1. The molecule has 0 aliphatic heterocycles. The van der Waals surface area contributed by atoms with Crippen molar-refractivity contribution in [2.45, 2.75) is 19.4 Å². The van der Waals surface area contributed by atoms with Crippen LogP contribution in [0.15, 0.2) is 17.8 Å². The molecule has 1 aliphatic carbocycles. The average molecular weight is 250 g/mol. The Balaban J connectivity index is 2.49. The summed E-state index contributed by atoms with van der Waals surface area (Å²) in [6.45, 7) is 0.266. The van der Waals surface area contributed by atoms with Gasteiger partial charge in [-0.05, 0) is 36.0 Å². The quantitative estimate of drug-likeness (QED) is 0.734. The average Bonchev–Trinajstić information content (AvgIpc) is 2.72. The molecule has 1 aliphatic rings. The summed E-state index contributed by atoms with van der Waals surface area (Å²) in [5.74, 6) is -0.493. The van der Waals surface area contributed by atoms with Gasteiger partial charge >= 0.3 is 0 Å². The summed E-state index contributed by atoms with van der Waals surface area (Å²) in [5.41, 5.74) is 19.4. The maximum Gasteiger partial charge on any atom is 0.252 e. The molecule has 0 radical (unpaired) electrons. The number of nitrogens with zero attached hydrogens (tertiary/aromatic N) is 1. The molecule has 90 valence electrons. The number of hydrogen-bond donors (Lipinski definition) is 3. The molecule has 6 heteroatoms. The molecule has 2 rings (SSSR count). The van der Waals surface area contributed by atoms with Crippen LogP contribution in [0.25, 0.3) is 5.57 Å². The highest BCUT2D eigenvalue weighted by Crippen LogP contribution is 2.28. The Morgan fingerprint density at radius 2 is 2.29 bits per heavy atom. The molecule has 0 bridgehead atoms. The lowest BCUT2D eigenvalue weighted by Crippen LogP contribution is -2.16. The van der Waals surface area contributed by atoms with E-state index < -0.39 is 5.91 Å². The maximum atomic E-state index is 11.4. The van der Waals surface area contributed by atoms with Gasteiger partial charge in [0.05, 0.1) is 16.1 Å². The number of amides is 1. The summed E-state index contributed by atoms with van der Waals surface area (Å²) in [6, 6.07) is 0. The number of hydrogen-bond acceptors (Lipinski definition) is 5. The molecule has 5 nitrogen and oxygen atoms in total. The van der Waals surface area contributed by atoms with Crippen molar-refractivity contribution in [1.29, 1.82) is 0 Å². The van der Waals surface area contributed by atoms with Gasteiger partial charge in [-0.15, -0.1) is 0 Å². The van der Waals surface area contributed by atoms with E-state index in [1.165, 1.54) is 11.5 Å². The van der Waals surface area contributed by atoms with Crippen molar-refractivity contribution < 1.29 is 4.79 Å². The predicted octanol–water partition coefficient (Wildman–Crippen LogP) is 0.720. The Kier molecular flexibility index (Phi) is 3.26. The van der Waals surface area contributed by atoms with Gasteiger partial charge in [0.1, 0.15) is 0 Å². The highest BCUT2D eigenvalue weighted by molar-refractivity contribution is 7.06. The third kappa shape index (κ3) is 2.22.